The summed E-state index contributed by atoms with van der Waals surface area (Å²) in [6.07, 6.45) is 1.56. The van der Waals surface area contributed by atoms with Gasteiger partial charge in [0.2, 0.25) is 5.91 Å². The summed E-state index contributed by atoms with van der Waals surface area (Å²) in [4.78, 5) is 41.2. The maximum Gasteiger partial charge on any atom is 0.409 e. The van der Waals surface area contributed by atoms with Crippen LogP contribution in [0.5, 0.6) is 0 Å². The molecule has 1 aromatic heterocycles. The number of para-hydroxylation sites is 1. The fraction of sp³-hybridized carbons (Fsp3) is 0.346. The molecule has 0 radical (unpaired) electrons. The first-order valence-corrected chi connectivity index (χ1v) is 13.0. The van der Waals surface area contributed by atoms with Gasteiger partial charge in [-0.1, -0.05) is 24.3 Å². The molecule has 2 aromatic carbocycles. The highest BCUT2D eigenvalue weighted by atomic mass is 32.2. The lowest BCUT2D eigenvalue weighted by Gasteiger charge is -2.34. The summed E-state index contributed by atoms with van der Waals surface area (Å²) < 4.78 is 34.7. The Morgan fingerprint density at radius 1 is 0.973 bits per heavy atom. The molecule has 1 aliphatic rings. The molecule has 0 atom stereocenters. The number of hydrogen-bond donors (Lipinski definition) is 1. The second kappa shape index (κ2) is 12.1. The smallest absolute Gasteiger partial charge is 0.409 e. The van der Waals surface area contributed by atoms with E-state index in [1.807, 2.05) is 35.0 Å². The van der Waals surface area contributed by atoms with E-state index in [-0.39, 0.29) is 24.3 Å². The van der Waals surface area contributed by atoms with Crippen LogP contribution in [-0.4, -0.2) is 77.4 Å². The standard InChI is InChI=1S/C26H28F2N4O4S/c1-2-36-26(35)31-14-12-30(13-15-31)23(33)17-37-22-16-32(21-9-4-3-6-18(21)22)11-10-29-25(34)24-19(27)7-5-8-20(24)28/h3-9,16H,2,10-15,17H2,1H3,(H,29,34). The lowest BCUT2D eigenvalue weighted by molar-refractivity contribution is -0.129. The Bertz CT molecular complexity index is 1270. The Hall–Kier alpha value is -3.60. The van der Waals surface area contributed by atoms with Crippen molar-refractivity contribution in [1.82, 2.24) is 19.7 Å². The molecule has 3 aromatic rings. The highest BCUT2D eigenvalue weighted by Gasteiger charge is 2.25. The van der Waals surface area contributed by atoms with Crippen molar-refractivity contribution >= 4 is 40.6 Å². The molecule has 1 saturated heterocycles. The Balaban J connectivity index is 1.34. The fourth-order valence-corrected chi connectivity index (χ4v) is 5.18. The number of fused-ring (bicyclic) bond motifs is 1. The number of piperazine rings is 1. The van der Waals surface area contributed by atoms with E-state index in [1.54, 1.807) is 16.7 Å². The third-order valence-corrected chi connectivity index (χ3v) is 7.12. The van der Waals surface area contributed by atoms with Gasteiger partial charge in [-0.2, -0.15) is 0 Å². The van der Waals surface area contributed by atoms with E-state index in [1.165, 1.54) is 17.8 Å². The normalized spacial score (nSPS) is 13.6. The number of carbonyl (C=O) groups is 3. The molecule has 4 rings (SSSR count). The second-order valence-corrected chi connectivity index (χ2v) is 9.43. The molecule has 0 spiro atoms. The summed E-state index contributed by atoms with van der Waals surface area (Å²) in [6, 6.07) is 11.0. The number of aromatic nitrogens is 1. The number of benzene rings is 2. The number of rotatable bonds is 8. The number of thioether (sulfide) groups is 1. The number of nitrogens with zero attached hydrogens (tertiary/aromatic N) is 3. The lowest BCUT2D eigenvalue weighted by Crippen LogP contribution is -2.51. The molecule has 11 heteroatoms. The van der Waals surface area contributed by atoms with Gasteiger partial charge in [-0.25, -0.2) is 13.6 Å². The summed E-state index contributed by atoms with van der Waals surface area (Å²) in [7, 11) is 0. The molecule has 2 heterocycles. The minimum absolute atomic E-state index is 0.00971. The van der Waals surface area contributed by atoms with Crippen molar-refractivity contribution in [3.8, 4) is 0 Å². The van der Waals surface area contributed by atoms with Gasteiger partial charge < -0.3 is 24.4 Å². The quantitative estimate of drug-likeness (QED) is 0.449. The van der Waals surface area contributed by atoms with Crippen LogP contribution >= 0.6 is 11.8 Å². The SMILES string of the molecule is CCOC(=O)N1CCN(C(=O)CSc2cn(CCNC(=O)c3c(F)cccc3F)c3ccccc23)CC1. The average Bonchev–Trinajstić information content (AvgIpc) is 3.25. The van der Waals surface area contributed by atoms with Gasteiger partial charge >= 0.3 is 6.09 Å². The van der Waals surface area contributed by atoms with Gasteiger partial charge in [0, 0.05) is 61.3 Å². The first kappa shape index (κ1) is 26.5. The van der Waals surface area contributed by atoms with Gasteiger partial charge in [-0.15, -0.1) is 11.8 Å². The molecule has 0 unspecified atom stereocenters. The average molecular weight is 531 g/mol. The van der Waals surface area contributed by atoms with Crippen LogP contribution in [0.3, 0.4) is 0 Å². The van der Waals surface area contributed by atoms with E-state index >= 15 is 0 Å². The van der Waals surface area contributed by atoms with Crippen LogP contribution in [0.4, 0.5) is 13.6 Å². The summed E-state index contributed by atoms with van der Waals surface area (Å²) in [5, 5.41) is 3.54. The van der Waals surface area contributed by atoms with E-state index in [0.717, 1.165) is 27.9 Å². The van der Waals surface area contributed by atoms with Gasteiger partial charge in [0.1, 0.15) is 17.2 Å². The number of halogens is 2. The molecule has 3 amide bonds. The Morgan fingerprint density at radius 2 is 1.65 bits per heavy atom. The van der Waals surface area contributed by atoms with Crippen molar-refractivity contribution in [3.63, 3.8) is 0 Å². The zero-order valence-electron chi connectivity index (χ0n) is 20.4. The first-order valence-electron chi connectivity index (χ1n) is 12.0. The van der Waals surface area contributed by atoms with Gasteiger partial charge in [0.15, 0.2) is 0 Å². The van der Waals surface area contributed by atoms with Crippen LogP contribution in [0.2, 0.25) is 0 Å². The topological polar surface area (TPSA) is 83.9 Å². The predicted molar refractivity (Wildman–Crippen MR) is 137 cm³/mol. The minimum atomic E-state index is -0.908. The monoisotopic (exact) mass is 530 g/mol. The highest BCUT2D eigenvalue weighted by Crippen LogP contribution is 2.30. The summed E-state index contributed by atoms with van der Waals surface area (Å²) >= 11 is 1.42. The Labute approximate surface area is 217 Å². The molecular formula is C26H28F2N4O4S. The summed E-state index contributed by atoms with van der Waals surface area (Å²) in [5.41, 5.74) is 0.324. The summed E-state index contributed by atoms with van der Waals surface area (Å²) in [5.74, 6) is -2.39. The molecule has 8 nitrogen and oxygen atoms in total. The molecule has 1 aliphatic heterocycles. The van der Waals surface area contributed by atoms with Crippen molar-refractivity contribution < 1.29 is 27.9 Å². The van der Waals surface area contributed by atoms with E-state index in [9.17, 15) is 23.2 Å². The van der Waals surface area contributed by atoms with E-state index in [0.29, 0.717) is 39.3 Å². The van der Waals surface area contributed by atoms with Crippen molar-refractivity contribution in [2.75, 3.05) is 45.1 Å². The third kappa shape index (κ3) is 6.22. The van der Waals surface area contributed by atoms with Crippen molar-refractivity contribution in [3.05, 3.63) is 65.9 Å². The zero-order valence-corrected chi connectivity index (χ0v) is 21.2. The zero-order chi connectivity index (χ0) is 26.4. The molecule has 0 aliphatic carbocycles. The van der Waals surface area contributed by atoms with E-state index in [4.69, 9.17) is 4.74 Å². The fourth-order valence-electron chi connectivity index (χ4n) is 4.19. The van der Waals surface area contributed by atoms with Crippen molar-refractivity contribution in [2.45, 2.75) is 18.4 Å². The molecular weight excluding hydrogens is 502 g/mol. The molecule has 0 bridgehead atoms. The number of carbonyl (C=O) groups excluding carboxylic acids is 3. The number of amides is 3. The van der Waals surface area contributed by atoms with Crippen molar-refractivity contribution in [2.24, 2.45) is 0 Å². The second-order valence-electron chi connectivity index (χ2n) is 8.41. The Kier molecular flexibility index (Phi) is 8.65. The van der Waals surface area contributed by atoms with Crippen LogP contribution in [0, 0.1) is 11.6 Å². The molecule has 196 valence electrons. The van der Waals surface area contributed by atoms with Crippen LogP contribution in [0.15, 0.2) is 53.6 Å². The molecule has 37 heavy (non-hydrogen) atoms. The van der Waals surface area contributed by atoms with Crippen molar-refractivity contribution in [1.29, 1.82) is 0 Å². The maximum absolute atomic E-state index is 13.9. The third-order valence-electron chi connectivity index (χ3n) is 6.09. The van der Waals surface area contributed by atoms with E-state index in [2.05, 4.69) is 5.32 Å². The van der Waals surface area contributed by atoms with Crippen LogP contribution in [0.25, 0.3) is 10.9 Å². The number of hydrogen-bond acceptors (Lipinski definition) is 5. The van der Waals surface area contributed by atoms with Crippen LogP contribution in [0.1, 0.15) is 17.3 Å². The maximum atomic E-state index is 13.9. The van der Waals surface area contributed by atoms with E-state index < -0.39 is 23.1 Å². The molecule has 1 N–H and O–H groups in total. The lowest BCUT2D eigenvalue weighted by atomic mass is 10.2. The number of nitrogens with one attached hydrogen (secondary N) is 1. The molecule has 1 fully saturated rings. The molecule has 0 saturated carbocycles. The Morgan fingerprint density at radius 3 is 2.35 bits per heavy atom. The van der Waals surface area contributed by atoms with Gasteiger partial charge in [-0.05, 0) is 25.1 Å². The number of ether oxygens (including phenoxy) is 1. The van der Waals surface area contributed by atoms with Crippen LogP contribution < -0.4 is 5.32 Å². The van der Waals surface area contributed by atoms with Gasteiger partial charge in [0.05, 0.1) is 12.4 Å². The van der Waals surface area contributed by atoms with Gasteiger partial charge in [-0.3, -0.25) is 9.59 Å². The minimum Gasteiger partial charge on any atom is -0.450 e. The largest absolute Gasteiger partial charge is 0.450 e. The first-order chi connectivity index (χ1) is 17.9. The predicted octanol–water partition coefficient (Wildman–Crippen LogP) is 3.74. The highest BCUT2D eigenvalue weighted by molar-refractivity contribution is 8.00. The van der Waals surface area contributed by atoms with Crippen LogP contribution in [-0.2, 0) is 16.1 Å². The summed E-state index contributed by atoms with van der Waals surface area (Å²) in [6.45, 7) is 4.43. The van der Waals surface area contributed by atoms with Gasteiger partial charge in [0.25, 0.3) is 5.91 Å².